The molecule has 2 rings (SSSR count). The minimum Gasteiger partial charge on any atom is -0.405 e. The zero-order chi connectivity index (χ0) is 9.42. The Hall–Kier alpha value is -1.42. The van der Waals surface area contributed by atoms with E-state index in [4.69, 9.17) is 4.84 Å². The van der Waals surface area contributed by atoms with Crippen LogP contribution in [0.15, 0.2) is 18.2 Å². The van der Waals surface area contributed by atoms with Gasteiger partial charge in [0, 0.05) is 7.05 Å². The molecule has 0 bridgehead atoms. The highest BCUT2D eigenvalue weighted by Gasteiger charge is 2.25. The number of Topliss-reactive ketones (excluding diaryl/α,β-unsaturated/α-hetero) is 1. The summed E-state index contributed by atoms with van der Waals surface area (Å²) in [6.07, 6.45) is 0. The van der Waals surface area contributed by atoms with Gasteiger partial charge >= 0.3 is 0 Å². The molecule has 0 N–H and O–H groups in total. The van der Waals surface area contributed by atoms with Crippen molar-refractivity contribution in [3.63, 3.8) is 0 Å². The molecule has 1 aliphatic rings. The topological polar surface area (TPSA) is 29.5 Å². The van der Waals surface area contributed by atoms with Crippen LogP contribution in [0.3, 0.4) is 0 Å². The van der Waals surface area contributed by atoms with Crippen LogP contribution in [0.4, 0.5) is 4.39 Å². The first-order valence-corrected chi connectivity index (χ1v) is 3.89. The van der Waals surface area contributed by atoms with Crippen molar-refractivity contribution in [1.29, 1.82) is 0 Å². The Morgan fingerprint density at radius 1 is 1.54 bits per heavy atom. The lowest BCUT2D eigenvalue weighted by Crippen LogP contribution is -2.34. The number of hydroxylamine groups is 2. The van der Waals surface area contributed by atoms with Gasteiger partial charge in [0.1, 0.15) is 5.82 Å². The minimum absolute atomic E-state index is 0.0561. The summed E-state index contributed by atoms with van der Waals surface area (Å²) in [4.78, 5) is 16.5. The molecule has 1 aromatic carbocycles. The molecule has 0 saturated heterocycles. The molecule has 0 radical (unpaired) electrons. The second-order valence-electron chi connectivity index (χ2n) is 2.91. The summed E-state index contributed by atoms with van der Waals surface area (Å²) < 4.78 is 13.1. The number of likely N-dealkylation sites (N-methyl/N-ethyl adjacent to an activating group) is 1. The largest absolute Gasteiger partial charge is 0.405 e. The maximum absolute atomic E-state index is 13.1. The molecule has 0 aliphatic carbocycles. The Morgan fingerprint density at radius 3 is 3.08 bits per heavy atom. The van der Waals surface area contributed by atoms with E-state index < -0.39 is 5.82 Å². The van der Waals surface area contributed by atoms with Crippen molar-refractivity contribution in [2.75, 3.05) is 13.6 Å². The van der Waals surface area contributed by atoms with E-state index in [0.29, 0.717) is 5.75 Å². The standard InChI is InChI=1S/C9H8FNO2/c1-11-5-7(12)9-6(10)3-2-4-8(9)13-11/h2-4H,5H2,1H3. The monoisotopic (exact) mass is 181 g/mol. The summed E-state index contributed by atoms with van der Waals surface area (Å²) in [6, 6.07) is 4.35. The molecule has 0 aromatic heterocycles. The van der Waals surface area contributed by atoms with E-state index in [1.807, 2.05) is 0 Å². The lowest BCUT2D eigenvalue weighted by Gasteiger charge is -2.23. The van der Waals surface area contributed by atoms with Crippen LogP contribution in [-0.2, 0) is 0 Å². The molecule has 0 amide bonds. The third-order valence-corrected chi connectivity index (χ3v) is 1.87. The number of hydrogen-bond acceptors (Lipinski definition) is 3. The second-order valence-corrected chi connectivity index (χ2v) is 2.91. The lowest BCUT2D eigenvalue weighted by atomic mass is 10.1. The van der Waals surface area contributed by atoms with Crippen LogP contribution in [0.5, 0.6) is 5.75 Å². The van der Waals surface area contributed by atoms with E-state index in [-0.39, 0.29) is 17.9 Å². The van der Waals surface area contributed by atoms with E-state index in [0.717, 1.165) is 0 Å². The molecule has 1 heterocycles. The highest BCUT2D eigenvalue weighted by Crippen LogP contribution is 2.25. The molecule has 0 unspecified atom stereocenters. The molecule has 0 saturated carbocycles. The van der Waals surface area contributed by atoms with Gasteiger partial charge in [-0.25, -0.2) is 4.39 Å². The molecular formula is C9H8FNO2. The van der Waals surface area contributed by atoms with Crippen molar-refractivity contribution < 1.29 is 14.0 Å². The van der Waals surface area contributed by atoms with Crippen LogP contribution in [0.1, 0.15) is 10.4 Å². The van der Waals surface area contributed by atoms with Gasteiger partial charge in [0.05, 0.1) is 12.1 Å². The Bertz CT molecular complexity index is 365. The van der Waals surface area contributed by atoms with Gasteiger partial charge in [-0.15, -0.1) is 5.06 Å². The number of fused-ring (bicyclic) bond motifs is 1. The van der Waals surface area contributed by atoms with Gasteiger partial charge in [-0.05, 0) is 12.1 Å². The zero-order valence-electron chi connectivity index (χ0n) is 7.08. The maximum Gasteiger partial charge on any atom is 0.187 e. The van der Waals surface area contributed by atoms with Gasteiger partial charge in [-0.3, -0.25) is 4.79 Å². The Labute approximate surface area is 74.7 Å². The van der Waals surface area contributed by atoms with Gasteiger partial charge < -0.3 is 4.84 Å². The summed E-state index contributed by atoms with van der Waals surface area (Å²) in [5.41, 5.74) is 0.0561. The molecule has 1 aromatic rings. The first kappa shape index (κ1) is 8.19. The highest BCUT2D eigenvalue weighted by atomic mass is 19.1. The van der Waals surface area contributed by atoms with E-state index in [1.165, 1.54) is 17.2 Å². The van der Waals surface area contributed by atoms with Crippen molar-refractivity contribution in [3.8, 4) is 5.75 Å². The van der Waals surface area contributed by atoms with Gasteiger partial charge in [0.15, 0.2) is 11.5 Å². The van der Waals surface area contributed by atoms with Crippen molar-refractivity contribution in [3.05, 3.63) is 29.6 Å². The summed E-state index contributed by atoms with van der Waals surface area (Å²) in [6.45, 7) is 0.0912. The van der Waals surface area contributed by atoms with Crippen LogP contribution < -0.4 is 4.84 Å². The number of ketones is 1. The number of nitrogens with zero attached hydrogens (tertiary/aromatic N) is 1. The van der Waals surface area contributed by atoms with Crippen molar-refractivity contribution in [2.24, 2.45) is 0 Å². The SMILES string of the molecule is CN1CC(=O)c2c(F)cccc2O1. The fourth-order valence-electron chi connectivity index (χ4n) is 1.33. The third kappa shape index (κ3) is 1.29. The quantitative estimate of drug-likeness (QED) is 0.603. The molecule has 13 heavy (non-hydrogen) atoms. The predicted molar refractivity (Wildman–Crippen MR) is 44.0 cm³/mol. The zero-order valence-corrected chi connectivity index (χ0v) is 7.08. The Morgan fingerprint density at radius 2 is 2.31 bits per heavy atom. The first-order chi connectivity index (χ1) is 6.18. The second kappa shape index (κ2) is 2.81. The molecular weight excluding hydrogens is 173 g/mol. The average molecular weight is 181 g/mol. The van der Waals surface area contributed by atoms with Crippen molar-refractivity contribution in [1.82, 2.24) is 5.06 Å². The van der Waals surface area contributed by atoms with Crippen LogP contribution in [0.25, 0.3) is 0 Å². The van der Waals surface area contributed by atoms with Crippen LogP contribution in [-0.4, -0.2) is 24.4 Å². The lowest BCUT2D eigenvalue weighted by molar-refractivity contribution is -0.0338. The number of carbonyl (C=O) groups excluding carboxylic acids is 1. The number of carbonyl (C=O) groups is 1. The van der Waals surface area contributed by atoms with E-state index in [2.05, 4.69) is 0 Å². The predicted octanol–water partition coefficient (Wildman–Crippen LogP) is 1.25. The Balaban J connectivity index is 2.55. The van der Waals surface area contributed by atoms with Crippen LogP contribution in [0, 0.1) is 5.82 Å². The van der Waals surface area contributed by atoms with Crippen LogP contribution in [0.2, 0.25) is 0 Å². The summed E-state index contributed by atoms with van der Waals surface area (Å²) in [5, 5.41) is 1.38. The molecule has 3 nitrogen and oxygen atoms in total. The molecule has 4 heteroatoms. The average Bonchev–Trinajstić information content (AvgIpc) is 2.02. The summed E-state index contributed by atoms with van der Waals surface area (Å²) in [5.74, 6) is -0.476. The smallest absolute Gasteiger partial charge is 0.187 e. The normalized spacial score (nSPS) is 16.6. The van der Waals surface area contributed by atoms with E-state index >= 15 is 0 Å². The number of halogens is 1. The highest BCUT2D eigenvalue weighted by molar-refractivity contribution is 6.00. The molecule has 0 fully saturated rings. The maximum atomic E-state index is 13.1. The first-order valence-electron chi connectivity index (χ1n) is 3.89. The number of rotatable bonds is 0. The number of hydrogen-bond donors (Lipinski definition) is 0. The Kier molecular flexibility index (Phi) is 1.77. The molecule has 0 spiro atoms. The molecule has 1 aliphatic heterocycles. The summed E-state index contributed by atoms with van der Waals surface area (Å²) >= 11 is 0. The third-order valence-electron chi connectivity index (χ3n) is 1.87. The van der Waals surface area contributed by atoms with E-state index in [9.17, 15) is 9.18 Å². The van der Waals surface area contributed by atoms with Crippen LogP contribution >= 0.6 is 0 Å². The van der Waals surface area contributed by atoms with Crippen molar-refractivity contribution in [2.45, 2.75) is 0 Å². The fraction of sp³-hybridized carbons (Fsp3) is 0.222. The number of benzene rings is 1. The molecule has 68 valence electrons. The fourth-order valence-corrected chi connectivity index (χ4v) is 1.33. The van der Waals surface area contributed by atoms with Gasteiger partial charge in [-0.2, -0.15) is 0 Å². The van der Waals surface area contributed by atoms with Crippen molar-refractivity contribution >= 4 is 5.78 Å². The molecule has 0 atom stereocenters. The van der Waals surface area contributed by atoms with Gasteiger partial charge in [0.2, 0.25) is 0 Å². The van der Waals surface area contributed by atoms with Gasteiger partial charge in [0.25, 0.3) is 0 Å². The van der Waals surface area contributed by atoms with E-state index in [1.54, 1.807) is 13.1 Å². The summed E-state index contributed by atoms with van der Waals surface area (Å²) in [7, 11) is 1.63. The minimum atomic E-state index is -0.518. The van der Waals surface area contributed by atoms with Gasteiger partial charge in [-0.1, -0.05) is 6.07 Å².